The van der Waals surface area contributed by atoms with Gasteiger partial charge in [-0.2, -0.15) is 5.26 Å². The lowest BCUT2D eigenvalue weighted by Crippen LogP contribution is -2.56. The van der Waals surface area contributed by atoms with Crippen LogP contribution >= 0.6 is 0 Å². The van der Waals surface area contributed by atoms with Gasteiger partial charge < -0.3 is 0 Å². The zero-order chi connectivity index (χ0) is 7.19. The Morgan fingerprint density at radius 1 is 1.60 bits per heavy atom. The van der Waals surface area contributed by atoms with Gasteiger partial charge in [-0.1, -0.05) is 0 Å². The summed E-state index contributed by atoms with van der Waals surface area (Å²) in [5.41, 5.74) is 0.0143. The van der Waals surface area contributed by atoms with Crippen molar-refractivity contribution in [2.24, 2.45) is 11.3 Å². The summed E-state index contributed by atoms with van der Waals surface area (Å²) < 4.78 is 0. The highest BCUT2D eigenvalue weighted by molar-refractivity contribution is 5.89. The predicted molar refractivity (Wildman–Crippen MR) is 35.0 cm³/mol. The molecule has 3 fully saturated rings. The van der Waals surface area contributed by atoms with Gasteiger partial charge in [0, 0.05) is 5.41 Å². The summed E-state index contributed by atoms with van der Waals surface area (Å²) in [5.74, 6) is 1.03. The topological polar surface area (TPSA) is 40.9 Å². The number of nitrogens with zero attached hydrogens (tertiary/aromatic N) is 1. The maximum Gasteiger partial charge on any atom is 0.153 e. The van der Waals surface area contributed by atoms with E-state index in [0.717, 1.165) is 25.2 Å². The lowest BCUT2D eigenvalue weighted by molar-refractivity contribution is -0.161. The number of nitriles is 1. The SMILES string of the molecule is N#CCC(=O)C12CC(C1)C2. The first-order chi connectivity index (χ1) is 4.77. The van der Waals surface area contributed by atoms with E-state index in [9.17, 15) is 4.79 Å². The molecule has 0 N–H and O–H groups in total. The molecule has 0 unspecified atom stereocenters. The second kappa shape index (κ2) is 1.60. The van der Waals surface area contributed by atoms with Crippen LogP contribution in [0, 0.1) is 22.7 Å². The normalized spacial score (nSPS) is 40.9. The average Bonchev–Trinajstić information content (AvgIpc) is 1.56. The molecule has 3 rings (SSSR count). The summed E-state index contributed by atoms with van der Waals surface area (Å²) in [6.07, 6.45) is 3.36. The van der Waals surface area contributed by atoms with E-state index in [0.29, 0.717) is 0 Å². The van der Waals surface area contributed by atoms with Crippen molar-refractivity contribution in [2.45, 2.75) is 25.7 Å². The molecule has 0 aromatic heterocycles. The Bertz CT molecular complexity index is 209. The van der Waals surface area contributed by atoms with Gasteiger partial charge in [-0.05, 0) is 25.2 Å². The molecule has 2 nitrogen and oxygen atoms in total. The fraction of sp³-hybridized carbons (Fsp3) is 0.750. The van der Waals surface area contributed by atoms with Crippen molar-refractivity contribution in [2.75, 3.05) is 0 Å². The molecule has 2 bridgehead atoms. The van der Waals surface area contributed by atoms with E-state index < -0.39 is 0 Å². The van der Waals surface area contributed by atoms with Gasteiger partial charge in [0.15, 0.2) is 5.78 Å². The van der Waals surface area contributed by atoms with E-state index in [4.69, 9.17) is 5.26 Å². The Labute approximate surface area is 59.8 Å². The number of rotatable bonds is 2. The van der Waals surface area contributed by atoms with Crippen LogP contribution in [-0.4, -0.2) is 5.78 Å². The van der Waals surface area contributed by atoms with Gasteiger partial charge in [0.1, 0.15) is 0 Å². The Morgan fingerprint density at radius 2 is 2.20 bits per heavy atom. The summed E-state index contributed by atoms with van der Waals surface area (Å²) in [4.78, 5) is 11.2. The third-order valence-corrected chi connectivity index (χ3v) is 2.87. The minimum Gasteiger partial charge on any atom is -0.298 e. The van der Waals surface area contributed by atoms with Gasteiger partial charge in [-0.3, -0.25) is 4.79 Å². The smallest absolute Gasteiger partial charge is 0.153 e. The molecule has 0 aliphatic heterocycles. The van der Waals surface area contributed by atoms with Crippen molar-refractivity contribution in [3.8, 4) is 6.07 Å². The highest BCUT2D eigenvalue weighted by Gasteiger charge is 2.60. The molecule has 0 aromatic carbocycles. The lowest BCUT2D eigenvalue weighted by Gasteiger charge is -2.60. The Hall–Kier alpha value is -0.840. The second-order valence-electron chi connectivity index (χ2n) is 3.52. The van der Waals surface area contributed by atoms with Crippen molar-refractivity contribution in [1.29, 1.82) is 5.26 Å². The Morgan fingerprint density at radius 3 is 2.50 bits per heavy atom. The predicted octanol–water partition coefficient (Wildman–Crippen LogP) is 1.27. The molecule has 0 radical (unpaired) electrons. The van der Waals surface area contributed by atoms with Crippen LogP contribution in [0.4, 0.5) is 0 Å². The summed E-state index contributed by atoms with van der Waals surface area (Å²) in [7, 11) is 0. The monoisotopic (exact) mass is 135 g/mol. The Kier molecular flexibility index (Phi) is 0.947. The van der Waals surface area contributed by atoms with E-state index in [1.165, 1.54) is 0 Å². The number of carbonyl (C=O) groups is 1. The lowest BCUT2D eigenvalue weighted by atomic mass is 9.43. The zero-order valence-corrected chi connectivity index (χ0v) is 5.76. The molecule has 0 atom stereocenters. The van der Waals surface area contributed by atoms with Crippen molar-refractivity contribution in [3.05, 3.63) is 0 Å². The first-order valence-electron chi connectivity index (χ1n) is 3.67. The van der Waals surface area contributed by atoms with Gasteiger partial charge in [-0.25, -0.2) is 0 Å². The third-order valence-electron chi connectivity index (χ3n) is 2.87. The number of Topliss-reactive ketones (excluding diaryl/α,β-unsaturated/α-hetero) is 1. The van der Waals surface area contributed by atoms with Crippen LogP contribution in [0.15, 0.2) is 0 Å². The van der Waals surface area contributed by atoms with Crippen LogP contribution in [0.5, 0.6) is 0 Å². The van der Waals surface area contributed by atoms with E-state index in [1.807, 2.05) is 6.07 Å². The quantitative estimate of drug-likeness (QED) is 0.572. The number of carbonyl (C=O) groups excluding carboxylic acids is 1. The van der Waals surface area contributed by atoms with Crippen LogP contribution in [0.2, 0.25) is 0 Å². The summed E-state index contributed by atoms with van der Waals surface area (Å²) in [5, 5.41) is 8.27. The van der Waals surface area contributed by atoms with E-state index >= 15 is 0 Å². The number of hydrogen-bond donors (Lipinski definition) is 0. The summed E-state index contributed by atoms with van der Waals surface area (Å²) in [6.45, 7) is 0. The third kappa shape index (κ3) is 0.507. The standard InChI is InChI=1S/C8H9NO/c9-2-1-7(10)8-3-6(4-8)5-8/h6H,1,3-5H2. The highest BCUT2D eigenvalue weighted by Crippen LogP contribution is 2.65. The molecule has 3 aliphatic carbocycles. The largest absolute Gasteiger partial charge is 0.298 e. The molecule has 10 heavy (non-hydrogen) atoms. The number of ketones is 1. The molecule has 3 aliphatic rings. The molecule has 2 heteroatoms. The minimum absolute atomic E-state index is 0.0143. The van der Waals surface area contributed by atoms with Crippen molar-refractivity contribution >= 4 is 5.78 Å². The van der Waals surface area contributed by atoms with Crippen molar-refractivity contribution < 1.29 is 4.79 Å². The molecule has 0 heterocycles. The van der Waals surface area contributed by atoms with Crippen LogP contribution < -0.4 is 0 Å². The molecular formula is C8H9NO. The molecular weight excluding hydrogens is 126 g/mol. The van der Waals surface area contributed by atoms with E-state index in [2.05, 4.69) is 0 Å². The molecule has 52 valence electrons. The maximum absolute atomic E-state index is 11.2. The van der Waals surface area contributed by atoms with Gasteiger partial charge in [0.05, 0.1) is 12.5 Å². The second-order valence-corrected chi connectivity index (χ2v) is 3.52. The Balaban J connectivity index is 2.00. The first kappa shape index (κ1) is 5.91. The van der Waals surface area contributed by atoms with Gasteiger partial charge in [0.2, 0.25) is 0 Å². The first-order valence-corrected chi connectivity index (χ1v) is 3.67. The van der Waals surface area contributed by atoms with E-state index in [1.54, 1.807) is 0 Å². The molecule has 0 saturated heterocycles. The average molecular weight is 135 g/mol. The van der Waals surface area contributed by atoms with Crippen LogP contribution in [-0.2, 0) is 4.79 Å². The molecule has 0 amide bonds. The maximum atomic E-state index is 11.2. The van der Waals surface area contributed by atoms with Crippen LogP contribution in [0.1, 0.15) is 25.7 Å². The van der Waals surface area contributed by atoms with Gasteiger partial charge >= 0.3 is 0 Å². The molecule has 3 saturated carbocycles. The molecule has 0 spiro atoms. The van der Waals surface area contributed by atoms with Crippen LogP contribution in [0.3, 0.4) is 0 Å². The van der Waals surface area contributed by atoms with Crippen molar-refractivity contribution in [3.63, 3.8) is 0 Å². The van der Waals surface area contributed by atoms with Gasteiger partial charge in [-0.15, -0.1) is 0 Å². The summed E-state index contributed by atoms with van der Waals surface area (Å²) >= 11 is 0. The van der Waals surface area contributed by atoms with Crippen LogP contribution in [0.25, 0.3) is 0 Å². The van der Waals surface area contributed by atoms with Crippen molar-refractivity contribution in [1.82, 2.24) is 0 Å². The van der Waals surface area contributed by atoms with E-state index in [-0.39, 0.29) is 17.6 Å². The highest BCUT2D eigenvalue weighted by atomic mass is 16.1. The van der Waals surface area contributed by atoms with Gasteiger partial charge in [0.25, 0.3) is 0 Å². The zero-order valence-electron chi connectivity index (χ0n) is 5.76. The molecule has 0 aromatic rings. The summed E-state index contributed by atoms with van der Waals surface area (Å²) in [6, 6.07) is 1.92. The fourth-order valence-electron chi connectivity index (χ4n) is 2.08. The fourth-order valence-corrected chi connectivity index (χ4v) is 2.08. The minimum atomic E-state index is 0.0143. The number of hydrogen-bond acceptors (Lipinski definition) is 2.